The van der Waals surface area contributed by atoms with Crippen LogP contribution < -0.4 is 10.6 Å². The molecule has 1 saturated heterocycles. The van der Waals surface area contributed by atoms with Gasteiger partial charge in [0.1, 0.15) is 12.1 Å². The lowest BCUT2D eigenvalue weighted by atomic mass is 9.92. The van der Waals surface area contributed by atoms with Crippen molar-refractivity contribution in [3.8, 4) is 5.82 Å². The highest BCUT2D eigenvalue weighted by Crippen LogP contribution is 2.28. The molecule has 1 aromatic carbocycles. The highest BCUT2D eigenvalue weighted by molar-refractivity contribution is 6.10. The Morgan fingerprint density at radius 2 is 1.93 bits per heavy atom. The van der Waals surface area contributed by atoms with Crippen LogP contribution in [0.4, 0.5) is 10.5 Å². The Bertz CT molecular complexity index is 1050. The summed E-state index contributed by atoms with van der Waals surface area (Å²) in [5, 5.41) is 9.40. The number of amides is 4. The monoisotopic (exact) mass is 390 g/mol. The van der Waals surface area contributed by atoms with Crippen molar-refractivity contribution in [2.24, 2.45) is 0 Å². The van der Waals surface area contributed by atoms with E-state index in [1.807, 2.05) is 6.07 Å². The van der Waals surface area contributed by atoms with Gasteiger partial charge in [-0.25, -0.2) is 14.5 Å². The first-order valence-electron chi connectivity index (χ1n) is 8.93. The van der Waals surface area contributed by atoms with E-state index in [1.54, 1.807) is 66.5 Å². The minimum atomic E-state index is -1.20. The molecule has 9 heteroatoms. The summed E-state index contributed by atoms with van der Waals surface area (Å²) in [6.07, 6.45) is 4.87. The summed E-state index contributed by atoms with van der Waals surface area (Å²) in [6, 6.07) is 13.4. The third-order valence-corrected chi connectivity index (χ3v) is 4.70. The molecular formula is C20H18N6O3. The molecule has 0 bridgehead atoms. The van der Waals surface area contributed by atoms with Crippen molar-refractivity contribution in [3.63, 3.8) is 0 Å². The minimum Gasteiger partial charge on any atom is -0.323 e. The Labute approximate surface area is 166 Å². The fourth-order valence-corrected chi connectivity index (χ4v) is 3.15. The maximum Gasteiger partial charge on any atom is 0.325 e. The molecule has 3 heterocycles. The molecule has 1 aliphatic heterocycles. The molecule has 0 aliphatic carbocycles. The van der Waals surface area contributed by atoms with Crippen LogP contribution in [0.2, 0.25) is 0 Å². The Balaban J connectivity index is 1.43. The number of carbonyl (C=O) groups excluding carboxylic acids is 3. The first-order valence-corrected chi connectivity index (χ1v) is 8.93. The number of urea groups is 1. The minimum absolute atomic E-state index is 0.395. The van der Waals surface area contributed by atoms with Crippen LogP contribution in [0.15, 0.2) is 67.1 Å². The third kappa shape index (κ3) is 3.45. The van der Waals surface area contributed by atoms with Gasteiger partial charge < -0.3 is 10.6 Å². The van der Waals surface area contributed by atoms with Crippen LogP contribution >= 0.6 is 0 Å². The van der Waals surface area contributed by atoms with E-state index in [0.29, 0.717) is 17.1 Å². The highest BCUT2D eigenvalue weighted by Gasteiger charge is 2.49. The number of hydrogen-bond acceptors (Lipinski definition) is 5. The fraction of sp³-hybridized carbons (Fsp3) is 0.150. The Morgan fingerprint density at radius 1 is 1.14 bits per heavy atom. The molecular weight excluding hydrogens is 372 g/mol. The summed E-state index contributed by atoms with van der Waals surface area (Å²) < 4.78 is 1.59. The van der Waals surface area contributed by atoms with Crippen LogP contribution in [-0.4, -0.2) is 44.1 Å². The molecule has 4 rings (SSSR count). The van der Waals surface area contributed by atoms with Gasteiger partial charge >= 0.3 is 6.03 Å². The lowest BCUT2D eigenvalue weighted by Crippen LogP contribution is -2.42. The maximum atomic E-state index is 12.8. The summed E-state index contributed by atoms with van der Waals surface area (Å²) in [5.74, 6) is -0.379. The van der Waals surface area contributed by atoms with E-state index in [0.717, 1.165) is 4.90 Å². The topological polar surface area (TPSA) is 109 Å². The van der Waals surface area contributed by atoms with E-state index in [2.05, 4.69) is 20.7 Å². The predicted octanol–water partition coefficient (Wildman–Crippen LogP) is 1.67. The van der Waals surface area contributed by atoms with Crippen molar-refractivity contribution in [2.45, 2.75) is 12.5 Å². The van der Waals surface area contributed by atoms with Gasteiger partial charge in [0, 0.05) is 12.4 Å². The second-order valence-electron chi connectivity index (χ2n) is 6.72. The predicted molar refractivity (Wildman–Crippen MR) is 104 cm³/mol. The standard InChI is InChI=1S/C20H18N6O3/c1-20(14-6-3-2-4-7-14)18(28)25(19(29)24-20)13-17(27)23-15-8-9-16(21-12-15)26-11-5-10-22-26/h2-12H,13H2,1H3,(H,23,27)(H,24,29)/t20-/m0/s1. The van der Waals surface area contributed by atoms with Gasteiger partial charge in [-0.05, 0) is 30.7 Å². The van der Waals surface area contributed by atoms with Gasteiger partial charge in [-0.2, -0.15) is 5.10 Å². The van der Waals surface area contributed by atoms with E-state index in [1.165, 1.54) is 6.20 Å². The Hall–Kier alpha value is -4.01. The first kappa shape index (κ1) is 18.4. The number of nitrogens with one attached hydrogen (secondary N) is 2. The van der Waals surface area contributed by atoms with Gasteiger partial charge in [-0.3, -0.25) is 14.5 Å². The molecule has 9 nitrogen and oxygen atoms in total. The van der Waals surface area contributed by atoms with E-state index >= 15 is 0 Å². The second-order valence-corrected chi connectivity index (χ2v) is 6.72. The second kappa shape index (κ2) is 7.19. The molecule has 0 radical (unpaired) electrons. The number of rotatable bonds is 5. The lowest BCUT2D eigenvalue weighted by Gasteiger charge is -2.22. The largest absolute Gasteiger partial charge is 0.325 e. The van der Waals surface area contributed by atoms with Crippen molar-refractivity contribution in [1.29, 1.82) is 0 Å². The average molecular weight is 390 g/mol. The van der Waals surface area contributed by atoms with Crippen molar-refractivity contribution in [3.05, 3.63) is 72.7 Å². The van der Waals surface area contributed by atoms with Gasteiger partial charge in [0.15, 0.2) is 5.82 Å². The first-order chi connectivity index (χ1) is 14.0. The van der Waals surface area contributed by atoms with Gasteiger partial charge in [-0.1, -0.05) is 30.3 Å². The van der Waals surface area contributed by atoms with Crippen LogP contribution in [-0.2, 0) is 15.1 Å². The average Bonchev–Trinajstić information content (AvgIpc) is 3.33. The number of imide groups is 1. The zero-order chi connectivity index (χ0) is 20.4. The molecule has 29 heavy (non-hydrogen) atoms. The van der Waals surface area contributed by atoms with E-state index < -0.39 is 29.9 Å². The third-order valence-electron chi connectivity index (χ3n) is 4.70. The molecule has 2 N–H and O–H groups in total. The van der Waals surface area contributed by atoms with Crippen LogP contribution in [0, 0.1) is 0 Å². The summed E-state index contributed by atoms with van der Waals surface area (Å²) in [7, 11) is 0. The number of anilines is 1. The summed E-state index contributed by atoms with van der Waals surface area (Å²) >= 11 is 0. The molecule has 0 unspecified atom stereocenters. The lowest BCUT2D eigenvalue weighted by molar-refractivity contribution is -0.133. The van der Waals surface area contributed by atoms with Gasteiger partial charge in [-0.15, -0.1) is 0 Å². The molecule has 3 aromatic rings. The summed E-state index contributed by atoms with van der Waals surface area (Å²) in [4.78, 5) is 42.7. The Morgan fingerprint density at radius 3 is 2.59 bits per heavy atom. The van der Waals surface area contributed by atoms with Gasteiger partial charge in [0.2, 0.25) is 5.91 Å². The number of benzene rings is 1. The van der Waals surface area contributed by atoms with E-state index in [4.69, 9.17) is 0 Å². The SMILES string of the molecule is C[C@@]1(c2ccccc2)NC(=O)N(CC(=O)Nc2ccc(-n3cccn3)nc2)C1=O. The summed E-state index contributed by atoms with van der Waals surface area (Å²) in [6.45, 7) is 1.23. The van der Waals surface area contributed by atoms with Crippen molar-refractivity contribution < 1.29 is 14.4 Å². The fourth-order valence-electron chi connectivity index (χ4n) is 3.15. The quantitative estimate of drug-likeness (QED) is 0.644. The van der Waals surface area contributed by atoms with Crippen LogP contribution in [0.25, 0.3) is 5.82 Å². The molecule has 1 aliphatic rings. The molecule has 1 atom stereocenters. The molecule has 146 valence electrons. The highest BCUT2D eigenvalue weighted by atomic mass is 16.2. The molecule has 0 saturated carbocycles. The van der Waals surface area contributed by atoms with Crippen molar-refractivity contribution in [2.75, 3.05) is 11.9 Å². The zero-order valence-electron chi connectivity index (χ0n) is 15.6. The smallest absolute Gasteiger partial charge is 0.323 e. The number of carbonyl (C=O) groups is 3. The number of pyridine rings is 1. The maximum absolute atomic E-state index is 12.8. The van der Waals surface area contributed by atoms with Gasteiger partial charge in [0.05, 0.1) is 11.9 Å². The van der Waals surface area contributed by atoms with E-state index in [9.17, 15) is 14.4 Å². The Kier molecular flexibility index (Phi) is 4.55. The molecule has 0 spiro atoms. The summed E-state index contributed by atoms with van der Waals surface area (Å²) in [5.41, 5.74) is -0.102. The van der Waals surface area contributed by atoms with Crippen molar-refractivity contribution >= 4 is 23.5 Å². The number of aromatic nitrogens is 3. The van der Waals surface area contributed by atoms with Crippen LogP contribution in [0.3, 0.4) is 0 Å². The van der Waals surface area contributed by atoms with Crippen LogP contribution in [0.5, 0.6) is 0 Å². The van der Waals surface area contributed by atoms with E-state index in [-0.39, 0.29) is 0 Å². The number of hydrogen-bond donors (Lipinski definition) is 2. The molecule has 1 fully saturated rings. The van der Waals surface area contributed by atoms with Gasteiger partial charge in [0.25, 0.3) is 5.91 Å². The number of nitrogens with zero attached hydrogens (tertiary/aromatic N) is 4. The van der Waals surface area contributed by atoms with Crippen molar-refractivity contribution in [1.82, 2.24) is 25.0 Å². The molecule has 4 amide bonds. The molecule has 2 aromatic heterocycles. The normalized spacial score (nSPS) is 18.6. The van der Waals surface area contributed by atoms with Crippen LogP contribution in [0.1, 0.15) is 12.5 Å². The zero-order valence-corrected chi connectivity index (χ0v) is 15.6.